The van der Waals surface area contributed by atoms with Crippen molar-refractivity contribution < 1.29 is 54.9 Å². The minimum atomic E-state index is -3.74. The lowest BCUT2D eigenvalue weighted by Gasteiger charge is -2.35. The highest BCUT2D eigenvalue weighted by atomic mass is 32.2. The molecule has 0 amide bonds. The molecule has 0 unspecified atom stereocenters. The molecular formula is C78H84B2F2N8O10S2. The number of ether oxygens (including phenoxy) is 2. The molecule has 6 aromatic carbocycles. The zero-order valence-electron chi connectivity index (χ0n) is 58.7. The molecule has 10 aromatic rings. The Balaban J connectivity index is 0.000000205. The molecule has 18 nitrogen and oxygen atoms in total. The first-order chi connectivity index (χ1) is 49.1. The van der Waals surface area contributed by atoms with E-state index in [0.717, 1.165) is 57.0 Å². The second-order valence-corrected chi connectivity index (χ2v) is 30.1. The van der Waals surface area contributed by atoms with Gasteiger partial charge in [0.15, 0.2) is 5.16 Å². The van der Waals surface area contributed by atoms with Crippen LogP contribution in [0.2, 0.25) is 0 Å². The summed E-state index contributed by atoms with van der Waals surface area (Å²) in [6.07, 6.45) is 5.43. The number of aromatic nitrogens is 8. The van der Waals surface area contributed by atoms with Gasteiger partial charge in [0.25, 0.3) is 0 Å². The van der Waals surface area contributed by atoms with Gasteiger partial charge in [0.2, 0.25) is 15.0 Å². The third-order valence-corrected chi connectivity index (χ3v) is 19.4. The minimum absolute atomic E-state index is 0.0662. The normalized spacial score (nSPS) is 16.5. The summed E-state index contributed by atoms with van der Waals surface area (Å²) in [7, 11) is -5.08. The van der Waals surface area contributed by atoms with Gasteiger partial charge in [0.1, 0.15) is 34.5 Å². The van der Waals surface area contributed by atoms with Crippen LogP contribution in [-0.2, 0) is 60.6 Å². The fourth-order valence-electron chi connectivity index (χ4n) is 12.2. The zero-order chi connectivity index (χ0) is 72.0. The molecule has 12 rings (SSSR count). The van der Waals surface area contributed by atoms with Gasteiger partial charge in [-0.1, -0.05) is 147 Å². The van der Waals surface area contributed by atoms with Gasteiger partial charge in [-0.15, -0.1) is 0 Å². The van der Waals surface area contributed by atoms with Crippen LogP contribution in [-0.4, -0.2) is 121 Å². The quantitative estimate of drug-likeness (QED) is 0.0238. The number of esters is 2. The Morgan fingerprint density at radius 2 is 0.912 bits per heavy atom. The van der Waals surface area contributed by atoms with E-state index in [4.69, 9.17) is 43.0 Å². The van der Waals surface area contributed by atoms with E-state index >= 15 is 0 Å². The molecule has 0 saturated carbocycles. The summed E-state index contributed by atoms with van der Waals surface area (Å²) in [5, 5.41) is 0.418. The fraction of sp³-hybridized carbons (Fsp3) is 0.333. The largest absolute Gasteiger partial charge is 0.494 e. The molecule has 2 fully saturated rings. The number of carbonyl (C=O) groups is 2. The highest BCUT2D eigenvalue weighted by Crippen LogP contribution is 2.40. The molecule has 102 heavy (non-hydrogen) atoms. The van der Waals surface area contributed by atoms with Crippen molar-refractivity contribution in [2.75, 3.05) is 11.5 Å². The average Bonchev–Trinajstić information content (AvgIpc) is 1.61. The van der Waals surface area contributed by atoms with Crippen molar-refractivity contribution in [3.63, 3.8) is 0 Å². The van der Waals surface area contributed by atoms with Crippen molar-refractivity contribution >= 4 is 58.7 Å². The smallest absolute Gasteiger partial charge is 0.460 e. The Kier molecular flexibility index (Phi) is 24.6. The van der Waals surface area contributed by atoms with Gasteiger partial charge in [-0.3, -0.25) is 9.59 Å². The third-order valence-electron chi connectivity index (χ3n) is 16.6. The van der Waals surface area contributed by atoms with Crippen LogP contribution in [0.15, 0.2) is 205 Å². The SMILES string of the molecule is CCCS(=O)(=O)c1nccc(-c2c(-c3ccc(F)cc3)nc(-c3ccccc3)n2CC[C@@H]2C[C@H](CC(=O)OC(C)(C)C)OB(c3ccccc3)O2)n1.CCCSc1nccc(-c2c(-c3ccc(F)cc3)nc(-c3ccccc3)n2CC[C@@H]2C[C@H](CC(=O)OC(C)(C)C)OB(c3ccccc3)O2)n1. The first-order valence-electron chi connectivity index (χ1n) is 34.6. The van der Waals surface area contributed by atoms with Gasteiger partial charge >= 0.3 is 26.2 Å². The lowest BCUT2D eigenvalue weighted by molar-refractivity contribution is -0.159. The van der Waals surface area contributed by atoms with Gasteiger partial charge in [-0.2, -0.15) is 0 Å². The van der Waals surface area contributed by atoms with Crippen molar-refractivity contribution in [1.29, 1.82) is 0 Å². The maximum Gasteiger partial charge on any atom is 0.494 e. The molecule has 528 valence electrons. The molecule has 24 heteroatoms. The second-order valence-electron chi connectivity index (χ2n) is 27.1. The standard InChI is InChI=1S/C39H42BFN4O6S.C39H42BFN4O4S/c1-5-24-52(47,48)38-42-22-20-33(43-38)36-35(27-16-18-30(41)19-17-27)44-37(28-12-8-6-9-13-28)45(36)23-21-31-25-32(26-34(46)49-39(2,3)4)51-40(50-31)29-14-10-7-11-15-29;1-5-24-50-38-42-22-20-33(43-38)36-35(27-16-18-30(41)19-17-27)44-37(28-12-8-6-9-13-28)45(36)23-21-31-25-32(26-34(46)47-39(2,3)4)49-40(48-31)29-14-10-7-11-15-29/h6-20,22,31-32H,5,21,23-26H2,1-4H3;6-20,22,31-32H,5,21,23-26H2,1-4H3/t2*31-,32-/m11/s1. The van der Waals surface area contributed by atoms with Crippen molar-refractivity contribution in [1.82, 2.24) is 39.0 Å². The van der Waals surface area contributed by atoms with Crippen LogP contribution in [0.1, 0.15) is 107 Å². The van der Waals surface area contributed by atoms with E-state index in [2.05, 4.69) is 26.4 Å². The number of carbonyl (C=O) groups excluding carboxylic acids is 2. The number of halogens is 2. The van der Waals surface area contributed by atoms with Crippen molar-refractivity contribution in [2.45, 2.75) is 166 Å². The Morgan fingerprint density at radius 3 is 1.32 bits per heavy atom. The number of sulfone groups is 1. The van der Waals surface area contributed by atoms with Crippen LogP contribution in [0.4, 0.5) is 8.78 Å². The van der Waals surface area contributed by atoms with E-state index in [0.29, 0.717) is 84.5 Å². The minimum Gasteiger partial charge on any atom is -0.460 e. The summed E-state index contributed by atoms with van der Waals surface area (Å²) >= 11 is 1.61. The molecular weight excluding hydrogens is 1330 g/mol. The number of rotatable bonds is 24. The van der Waals surface area contributed by atoms with E-state index in [1.54, 1.807) is 55.2 Å². The molecule has 2 aliphatic heterocycles. The summed E-state index contributed by atoms with van der Waals surface area (Å²) in [5.74, 6) is 0.817. The van der Waals surface area contributed by atoms with Gasteiger partial charge in [0, 0.05) is 65.7 Å². The first-order valence-corrected chi connectivity index (χ1v) is 37.2. The number of benzene rings is 6. The Labute approximate surface area is 600 Å². The lowest BCUT2D eigenvalue weighted by atomic mass is 9.76. The predicted octanol–water partition coefficient (Wildman–Crippen LogP) is 14.7. The van der Waals surface area contributed by atoms with E-state index in [1.807, 2.05) is 174 Å². The van der Waals surface area contributed by atoms with E-state index in [1.165, 1.54) is 30.5 Å². The van der Waals surface area contributed by atoms with Crippen molar-refractivity contribution in [3.8, 4) is 68.1 Å². The summed E-state index contributed by atoms with van der Waals surface area (Å²) < 4.78 is 95.8. The molecule has 0 radical (unpaired) electrons. The summed E-state index contributed by atoms with van der Waals surface area (Å²) in [6, 6.07) is 55.0. The molecule has 0 spiro atoms. The summed E-state index contributed by atoms with van der Waals surface area (Å²) in [5.41, 5.74) is 7.32. The molecule has 6 heterocycles. The maximum absolute atomic E-state index is 14.1. The molecule has 4 aromatic heterocycles. The van der Waals surface area contributed by atoms with E-state index in [-0.39, 0.29) is 59.8 Å². The topological polar surface area (TPSA) is 211 Å². The third kappa shape index (κ3) is 19.8. The average molecular weight is 1420 g/mol. The van der Waals surface area contributed by atoms with E-state index < -0.39 is 47.2 Å². The highest BCUT2D eigenvalue weighted by Gasteiger charge is 2.40. The van der Waals surface area contributed by atoms with Crippen LogP contribution in [0, 0.1) is 11.6 Å². The van der Waals surface area contributed by atoms with Crippen LogP contribution < -0.4 is 10.9 Å². The number of thioether (sulfide) groups is 1. The monoisotopic (exact) mass is 1420 g/mol. The molecule has 4 atom stereocenters. The van der Waals surface area contributed by atoms with Gasteiger partial charge in [-0.05, 0) is 152 Å². The Bertz CT molecular complexity index is 4540. The second kappa shape index (κ2) is 33.8. The molecule has 2 saturated heterocycles. The van der Waals surface area contributed by atoms with Crippen molar-refractivity contribution in [3.05, 3.63) is 206 Å². The van der Waals surface area contributed by atoms with Gasteiger partial charge in [-0.25, -0.2) is 47.1 Å². The van der Waals surface area contributed by atoms with Crippen LogP contribution in [0.5, 0.6) is 0 Å². The number of imidazole rings is 2. The highest BCUT2D eigenvalue weighted by molar-refractivity contribution is 7.99. The lowest BCUT2D eigenvalue weighted by Crippen LogP contribution is -2.49. The maximum atomic E-state index is 14.1. The Hall–Kier alpha value is -9.03. The summed E-state index contributed by atoms with van der Waals surface area (Å²) in [4.78, 5) is 54.4. The number of hydrogen-bond acceptors (Lipinski definition) is 17. The summed E-state index contributed by atoms with van der Waals surface area (Å²) in [6.45, 7) is 15.9. The molecule has 2 aliphatic rings. The van der Waals surface area contributed by atoms with Gasteiger partial charge in [0.05, 0.1) is 65.0 Å². The molecule has 0 aliphatic carbocycles. The number of nitrogens with zero attached hydrogens (tertiary/aromatic N) is 8. The van der Waals surface area contributed by atoms with E-state index in [9.17, 15) is 26.8 Å². The fourth-order valence-corrected chi connectivity index (χ4v) is 14.1. The Morgan fingerprint density at radius 1 is 0.510 bits per heavy atom. The van der Waals surface area contributed by atoms with Gasteiger partial charge < -0.3 is 37.2 Å². The zero-order valence-corrected chi connectivity index (χ0v) is 60.3. The van der Waals surface area contributed by atoms with Crippen LogP contribution in [0.25, 0.3) is 68.1 Å². The predicted molar refractivity (Wildman–Crippen MR) is 394 cm³/mol. The van der Waals surface area contributed by atoms with Crippen molar-refractivity contribution in [2.24, 2.45) is 0 Å². The van der Waals surface area contributed by atoms with Crippen LogP contribution >= 0.6 is 11.8 Å². The van der Waals surface area contributed by atoms with Crippen LogP contribution in [0.3, 0.4) is 0 Å². The molecule has 0 N–H and O–H groups in total. The molecule has 0 bridgehead atoms. The number of hydrogen-bond donors (Lipinski definition) is 0. The first kappa shape index (κ1) is 74.2.